The zero-order valence-corrected chi connectivity index (χ0v) is 12.6. The lowest BCUT2D eigenvalue weighted by molar-refractivity contribution is -0.142. The summed E-state index contributed by atoms with van der Waals surface area (Å²) in [5.74, 6) is -0.165. The molecule has 4 nitrogen and oxygen atoms in total. The van der Waals surface area contributed by atoms with E-state index >= 15 is 0 Å². The Hall–Kier alpha value is -2.36. The molecule has 2 aromatic carbocycles. The van der Waals surface area contributed by atoms with Crippen molar-refractivity contribution in [2.75, 3.05) is 7.11 Å². The second-order valence-corrected chi connectivity index (χ2v) is 5.85. The molecule has 0 aliphatic rings. The summed E-state index contributed by atoms with van der Waals surface area (Å²) in [6, 6.07) is 10.5. The molecule has 21 heavy (non-hydrogen) atoms. The maximum Gasteiger partial charge on any atom is 0.337 e. The highest BCUT2D eigenvalue weighted by molar-refractivity contribution is 5.95. The van der Waals surface area contributed by atoms with Gasteiger partial charge in [-0.05, 0) is 55.8 Å². The zero-order valence-electron chi connectivity index (χ0n) is 12.6. The van der Waals surface area contributed by atoms with Crippen LogP contribution < -0.4 is 4.74 Å². The second-order valence-electron chi connectivity index (χ2n) is 5.85. The van der Waals surface area contributed by atoms with E-state index in [0.717, 1.165) is 10.8 Å². The third kappa shape index (κ3) is 3.40. The fraction of sp³-hybridized carbons (Fsp3) is 0.294. The van der Waals surface area contributed by atoms with Crippen LogP contribution in [-0.2, 0) is 9.53 Å². The van der Waals surface area contributed by atoms with E-state index in [-0.39, 0.29) is 11.9 Å². The summed E-state index contributed by atoms with van der Waals surface area (Å²) in [5.41, 5.74) is -0.0617. The molecule has 0 heterocycles. The molecule has 0 saturated heterocycles. The number of carbonyl (C=O) groups excluding carboxylic acids is 2. The Morgan fingerprint density at radius 1 is 0.952 bits per heavy atom. The van der Waals surface area contributed by atoms with Crippen LogP contribution >= 0.6 is 0 Å². The van der Waals surface area contributed by atoms with Crippen molar-refractivity contribution < 1.29 is 19.1 Å². The van der Waals surface area contributed by atoms with Crippen molar-refractivity contribution in [1.29, 1.82) is 0 Å². The summed E-state index contributed by atoms with van der Waals surface area (Å²) in [7, 11) is 1.35. The van der Waals surface area contributed by atoms with Gasteiger partial charge in [-0.15, -0.1) is 0 Å². The van der Waals surface area contributed by atoms with E-state index in [9.17, 15) is 9.59 Å². The van der Waals surface area contributed by atoms with E-state index in [2.05, 4.69) is 0 Å². The van der Waals surface area contributed by atoms with Crippen LogP contribution in [0.3, 0.4) is 0 Å². The van der Waals surface area contributed by atoms with Crippen LogP contribution in [0.25, 0.3) is 10.8 Å². The SMILES string of the molecule is COC(=O)c1ccc2cc(OC(=O)C(C)(C)C)ccc2c1. The molecule has 0 aliphatic heterocycles. The Morgan fingerprint density at radius 3 is 2.19 bits per heavy atom. The van der Waals surface area contributed by atoms with Crippen LogP contribution in [0.15, 0.2) is 36.4 Å². The smallest absolute Gasteiger partial charge is 0.337 e. The highest BCUT2D eigenvalue weighted by Gasteiger charge is 2.23. The fourth-order valence-corrected chi connectivity index (χ4v) is 1.79. The molecule has 4 heteroatoms. The van der Waals surface area contributed by atoms with Crippen LogP contribution in [0, 0.1) is 5.41 Å². The van der Waals surface area contributed by atoms with E-state index in [1.54, 1.807) is 51.1 Å². The predicted molar refractivity (Wildman–Crippen MR) is 80.4 cm³/mol. The second kappa shape index (κ2) is 5.56. The first-order chi connectivity index (χ1) is 9.81. The van der Waals surface area contributed by atoms with E-state index in [0.29, 0.717) is 11.3 Å². The van der Waals surface area contributed by atoms with Crippen molar-refractivity contribution in [2.45, 2.75) is 20.8 Å². The Balaban J connectivity index is 2.31. The van der Waals surface area contributed by atoms with Crippen LogP contribution in [0.5, 0.6) is 5.75 Å². The van der Waals surface area contributed by atoms with Gasteiger partial charge in [-0.25, -0.2) is 4.79 Å². The van der Waals surface area contributed by atoms with Gasteiger partial charge in [0.15, 0.2) is 0 Å². The monoisotopic (exact) mass is 286 g/mol. The number of benzene rings is 2. The topological polar surface area (TPSA) is 52.6 Å². The minimum absolute atomic E-state index is 0.284. The molecule has 2 aromatic rings. The van der Waals surface area contributed by atoms with E-state index in [1.165, 1.54) is 7.11 Å². The molecular formula is C17H18O4. The van der Waals surface area contributed by atoms with Crippen molar-refractivity contribution in [2.24, 2.45) is 5.41 Å². The van der Waals surface area contributed by atoms with Gasteiger partial charge in [-0.2, -0.15) is 0 Å². The zero-order chi connectivity index (χ0) is 15.6. The summed E-state index contributed by atoms with van der Waals surface area (Å²) < 4.78 is 10.0. The van der Waals surface area contributed by atoms with Gasteiger partial charge in [0, 0.05) is 0 Å². The molecule has 0 fully saturated rings. The minimum Gasteiger partial charge on any atom is -0.465 e. The third-order valence-corrected chi connectivity index (χ3v) is 3.06. The molecule has 0 radical (unpaired) electrons. The summed E-state index contributed by atoms with van der Waals surface area (Å²) in [5, 5.41) is 1.77. The van der Waals surface area contributed by atoms with Gasteiger partial charge in [-0.3, -0.25) is 4.79 Å². The lowest BCUT2D eigenvalue weighted by Gasteiger charge is -2.16. The van der Waals surface area contributed by atoms with Crippen LogP contribution in [0.1, 0.15) is 31.1 Å². The maximum absolute atomic E-state index is 11.9. The highest BCUT2D eigenvalue weighted by atomic mass is 16.5. The van der Waals surface area contributed by atoms with Crippen molar-refractivity contribution >= 4 is 22.7 Å². The van der Waals surface area contributed by atoms with Crippen LogP contribution in [-0.4, -0.2) is 19.0 Å². The molecule has 110 valence electrons. The van der Waals surface area contributed by atoms with Crippen molar-refractivity contribution in [3.8, 4) is 5.75 Å². The third-order valence-electron chi connectivity index (χ3n) is 3.06. The lowest BCUT2D eigenvalue weighted by atomic mass is 9.97. The number of carbonyl (C=O) groups is 2. The lowest BCUT2D eigenvalue weighted by Crippen LogP contribution is -2.25. The Labute approximate surface area is 123 Å². The number of methoxy groups -OCH3 is 1. The van der Waals surface area contributed by atoms with Gasteiger partial charge in [0.25, 0.3) is 0 Å². The number of esters is 2. The fourth-order valence-electron chi connectivity index (χ4n) is 1.79. The molecule has 0 aliphatic carbocycles. The van der Waals surface area contributed by atoms with E-state index < -0.39 is 5.41 Å². The highest BCUT2D eigenvalue weighted by Crippen LogP contribution is 2.24. The molecule has 0 atom stereocenters. The molecule has 0 amide bonds. The van der Waals surface area contributed by atoms with Crippen LogP contribution in [0.4, 0.5) is 0 Å². The Morgan fingerprint density at radius 2 is 1.57 bits per heavy atom. The van der Waals surface area contributed by atoms with Gasteiger partial charge in [0.2, 0.25) is 0 Å². The summed E-state index contributed by atoms with van der Waals surface area (Å²) in [6.07, 6.45) is 0. The molecule has 0 N–H and O–H groups in total. The van der Waals surface area contributed by atoms with Crippen LogP contribution in [0.2, 0.25) is 0 Å². The predicted octanol–water partition coefficient (Wildman–Crippen LogP) is 3.58. The van der Waals surface area contributed by atoms with Gasteiger partial charge in [0.05, 0.1) is 18.1 Å². The number of rotatable bonds is 2. The van der Waals surface area contributed by atoms with Gasteiger partial charge >= 0.3 is 11.9 Å². The summed E-state index contributed by atoms with van der Waals surface area (Å²) in [4.78, 5) is 23.4. The number of ether oxygens (including phenoxy) is 2. The molecular weight excluding hydrogens is 268 g/mol. The Kier molecular flexibility index (Phi) is 3.98. The summed E-state index contributed by atoms with van der Waals surface area (Å²) in [6.45, 7) is 5.41. The first-order valence-electron chi connectivity index (χ1n) is 6.65. The number of hydrogen-bond donors (Lipinski definition) is 0. The number of hydrogen-bond acceptors (Lipinski definition) is 4. The largest absolute Gasteiger partial charge is 0.465 e. The molecule has 0 aromatic heterocycles. The molecule has 0 unspecified atom stereocenters. The normalized spacial score (nSPS) is 11.2. The van der Waals surface area contributed by atoms with E-state index in [4.69, 9.17) is 9.47 Å². The van der Waals surface area contributed by atoms with Gasteiger partial charge < -0.3 is 9.47 Å². The molecule has 2 rings (SSSR count). The standard InChI is InChI=1S/C17H18O4/c1-17(2,3)16(19)21-14-8-7-11-9-13(15(18)20-4)6-5-12(11)10-14/h5-10H,1-4H3. The minimum atomic E-state index is -0.552. The van der Waals surface area contributed by atoms with E-state index in [1.807, 2.05) is 6.07 Å². The van der Waals surface area contributed by atoms with Crippen molar-refractivity contribution in [3.63, 3.8) is 0 Å². The molecule has 0 saturated carbocycles. The average molecular weight is 286 g/mol. The molecule has 0 bridgehead atoms. The molecule has 0 spiro atoms. The van der Waals surface area contributed by atoms with Gasteiger partial charge in [-0.1, -0.05) is 12.1 Å². The Bertz CT molecular complexity index is 695. The summed E-state index contributed by atoms with van der Waals surface area (Å²) >= 11 is 0. The maximum atomic E-state index is 11.9. The average Bonchev–Trinajstić information content (AvgIpc) is 2.44. The van der Waals surface area contributed by atoms with Crippen molar-refractivity contribution in [3.05, 3.63) is 42.0 Å². The number of fused-ring (bicyclic) bond motifs is 1. The first kappa shape index (κ1) is 15.0. The van der Waals surface area contributed by atoms with Crippen molar-refractivity contribution in [1.82, 2.24) is 0 Å². The first-order valence-corrected chi connectivity index (χ1v) is 6.65. The van der Waals surface area contributed by atoms with Gasteiger partial charge in [0.1, 0.15) is 5.75 Å². The quantitative estimate of drug-likeness (QED) is 0.625.